The molecule has 0 bridgehead atoms. The fourth-order valence-electron chi connectivity index (χ4n) is 2.74. The fraction of sp³-hybridized carbons (Fsp3) is 0.389. The van der Waals surface area contributed by atoms with Crippen LogP contribution >= 0.6 is 23.7 Å². The molecule has 0 saturated heterocycles. The number of fused-ring (bicyclic) bond motifs is 1. The van der Waals surface area contributed by atoms with Crippen molar-refractivity contribution in [2.24, 2.45) is 7.05 Å². The van der Waals surface area contributed by atoms with Gasteiger partial charge >= 0.3 is 6.36 Å². The molecule has 7 nitrogen and oxygen atoms in total. The Morgan fingerprint density at radius 1 is 1.27 bits per heavy atom. The number of ether oxygens (including phenoxy) is 1. The molecular formula is C18H21ClF3N5O2S. The molecule has 1 aromatic carbocycles. The van der Waals surface area contributed by atoms with Gasteiger partial charge in [0.25, 0.3) is 5.91 Å². The van der Waals surface area contributed by atoms with Crippen molar-refractivity contribution < 1.29 is 22.7 Å². The van der Waals surface area contributed by atoms with Crippen LogP contribution in [0.15, 0.2) is 24.4 Å². The lowest BCUT2D eigenvalue weighted by molar-refractivity contribution is -0.274. The van der Waals surface area contributed by atoms with Crippen molar-refractivity contribution >= 4 is 45.0 Å². The molecule has 0 aliphatic carbocycles. The molecule has 30 heavy (non-hydrogen) atoms. The minimum absolute atomic E-state index is 0. The number of halogens is 4. The van der Waals surface area contributed by atoms with Gasteiger partial charge in [0.2, 0.25) is 0 Å². The summed E-state index contributed by atoms with van der Waals surface area (Å²) in [5, 5.41) is 4.63. The molecule has 0 saturated carbocycles. The van der Waals surface area contributed by atoms with E-state index in [9.17, 15) is 18.0 Å². The number of likely N-dealkylation sites (N-methyl/N-ethyl adjacent to an activating group) is 1. The van der Waals surface area contributed by atoms with Crippen LogP contribution in [-0.4, -0.2) is 59.1 Å². The number of amides is 1. The first-order valence-corrected chi connectivity index (χ1v) is 9.48. The number of thiazole rings is 1. The highest BCUT2D eigenvalue weighted by Crippen LogP contribution is 2.33. The van der Waals surface area contributed by atoms with E-state index in [-0.39, 0.29) is 24.1 Å². The van der Waals surface area contributed by atoms with Crippen LogP contribution in [0.3, 0.4) is 0 Å². The van der Waals surface area contributed by atoms with E-state index in [0.29, 0.717) is 34.1 Å². The Kier molecular flexibility index (Phi) is 7.32. The van der Waals surface area contributed by atoms with Crippen molar-refractivity contribution in [2.45, 2.75) is 13.3 Å². The molecule has 0 fully saturated rings. The summed E-state index contributed by atoms with van der Waals surface area (Å²) in [6.07, 6.45) is -3.03. The van der Waals surface area contributed by atoms with E-state index in [1.165, 1.54) is 23.1 Å². The van der Waals surface area contributed by atoms with Gasteiger partial charge < -0.3 is 9.64 Å². The number of hydrogen-bond acceptors (Lipinski definition) is 6. The SMILES string of the molecule is Cc1cn(C)nc1C(=O)N(CCN(C)C)c1nc2ccc(OC(F)(F)F)cc2s1.Cl. The highest BCUT2D eigenvalue weighted by atomic mass is 35.5. The number of aryl methyl sites for hydroxylation is 2. The second kappa shape index (κ2) is 9.19. The van der Waals surface area contributed by atoms with Gasteiger partial charge in [0, 0.05) is 38.0 Å². The van der Waals surface area contributed by atoms with Crippen LogP contribution in [0.2, 0.25) is 0 Å². The molecule has 0 unspecified atom stereocenters. The molecule has 12 heteroatoms. The Labute approximate surface area is 181 Å². The Bertz CT molecular complexity index is 1030. The number of carbonyl (C=O) groups excluding carboxylic acids is 1. The predicted molar refractivity (Wildman–Crippen MR) is 112 cm³/mol. The zero-order chi connectivity index (χ0) is 21.3. The number of nitrogens with zero attached hydrogens (tertiary/aromatic N) is 5. The second-order valence-corrected chi connectivity index (χ2v) is 7.78. The van der Waals surface area contributed by atoms with E-state index in [1.54, 1.807) is 24.9 Å². The summed E-state index contributed by atoms with van der Waals surface area (Å²) in [7, 11) is 5.50. The summed E-state index contributed by atoms with van der Waals surface area (Å²) in [6.45, 7) is 2.73. The summed E-state index contributed by atoms with van der Waals surface area (Å²) in [4.78, 5) is 21.0. The maximum Gasteiger partial charge on any atom is 0.573 e. The van der Waals surface area contributed by atoms with Crippen LogP contribution < -0.4 is 9.64 Å². The first kappa shape index (κ1) is 23.9. The third-order valence-electron chi connectivity index (χ3n) is 4.04. The van der Waals surface area contributed by atoms with Gasteiger partial charge in [0.05, 0.1) is 10.2 Å². The summed E-state index contributed by atoms with van der Waals surface area (Å²) in [5.41, 5.74) is 1.53. The normalized spacial score (nSPS) is 11.6. The average Bonchev–Trinajstić information content (AvgIpc) is 3.15. The molecule has 0 aliphatic rings. The Morgan fingerprint density at radius 2 is 1.97 bits per heavy atom. The molecule has 3 aromatic rings. The van der Waals surface area contributed by atoms with Crippen LogP contribution in [0.5, 0.6) is 5.75 Å². The van der Waals surface area contributed by atoms with Gasteiger partial charge in [-0.2, -0.15) is 5.10 Å². The summed E-state index contributed by atoms with van der Waals surface area (Å²) in [5.74, 6) is -0.636. The van der Waals surface area contributed by atoms with Gasteiger partial charge in [-0.1, -0.05) is 11.3 Å². The van der Waals surface area contributed by atoms with E-state index in [4.69, 9.17) is 0 Å². The molecule has 0 spiro atoms. The van der Waals surface area contributed by atoms with Crippen molar-refractivity contribution in [1.29, 1.82) is 0 Å². The van der Waals surface area contributed by atoms with Crippen LogP contribution in [0.25, 0.3) is 10.2 Å². The first-order chi connectivity index (χ1) is 13.5. The highest BCUT2D eigenvalue weighted by molar-refractivity contribution is 7.22. The van der Waals surface area contributed by atoms with Crippen molar-refractivity contribution in [3.8, 4) is 5.75 Å². The lowest BCUT2D eigenvalue weighted by atomic mass is 10.2. The largest absolute Gasteiger partial charge is 0.573 e. The molecular weight excluding hydrogens is 443 g/mol. The number of rotatable bonds is 6. The third kappa shape index (κ3) is 5.61. The first-order valence-electron chi connectivity index (χ1n) is 8.66. The Hall–Kier alpha value is -2.37. The zero-order valence-corrected chi connectivity index (χ0v) is 18.4. The highest BCUT2D eigenvalue weighted by Gasteiger charge is 2.31. The number of carbonyl (C=O) groups is 1. The van der Waals surface area contributed by atoms with Gasteiger partial charge in [0.15, 0.2) is 10.8 Å². The zero-order valence-electron chi connectivity index (χ0n) is 16.7. The molecule has 3 rings (SSSR count). The lowest BCUT2D eigenvalue weighted by Gasteiger charge is -2.21. The monoisotopic (exact) mass is 463 g/mol. The Balaban J connectivity index is 0.00000320. The molecule has 0 aliphatic heterocycles. The summed E-state index contributed by atoms with van der Waals surface area (Å²) >= 11 is 1.13. The van der Waals surface area contributed by atoms with Gasteiger partial charge in [-0.15, -0.1) is 25.6 Å². The lowest BCUT2D eigenvalue weighted by Crippen LogP contribution is -2.37. The van der Waals surface area contributed by atoms with Crippen LogP contribution in [-0.2, 0) is 7.05 Å². The van der Waals surface area contributed by atoms with Crippen molar-refractivity contribution in [1.82, 2.24) is 19.7 Å². The van der Waals surface area contributed by atoms with Crippen molar-refractivity contribution in [2.75, 3.05) is 32.1 Å². The minimum Gasteiger partial charge on any atom is -0.406 e. The van der Waals surface area contributed by atoms with Gasteiger partial charge in [0.1, 0.15) is 5.75 Å². The number of anilines is 1. The van der Waals surface area contributed by atoms with Crippen LogP contribution in [0.1, 0.15) is 16.1 Å². The van der Waals surface area contributed by atoms with Crippen molar-refractivity contribution in [3.63, 3.8) is 0 Å². The van der Waals surface area contributed by atoms with Crippen LogP contribution in [0.4, 0.5) is 18.3 Å². The quantitative estimate of drug-likeness (QED) is 0.555. The van der Waals surface area contributed by atoms with E-state index >= 15 is 0 Å². The molecule has 1 amide bonds. The summed E-state index contributed by atoms with van der Waals surface area (Å²) < 4.78 is 43.5. The maximum absolute atomic E-state index is 13.1. The van der Waals surface area contributed by atoms with E-state index in [0.717, 1.165) is 16.9 Å². The Morgan fingerprint density at radius 3 is 2.53 bits per heavy atom. The van der Waals surface area contributed by atoms with Crippen LogP contribution in [0, 0.1) is 6.92 Å². The summed E-state index contributed by atoms with van der Waals surface area (Å²) in [6, 6.07) is 3.91. The minimum atomic E-state index is -4.77. The molecule has 0 atom stereocenters. The van der Waals surface area contributed by atoms with Crippen molar-refractivity contribution in [3.05, 3.63) is 35.7 Å². The third-order valence-corrected chi connectivity index (χ3v) is 5.08. The molecule has 2 heterocycles. The van der Waals surface area contributed by atoms with E-state index < -0.39 is 6.36 Å². The van der Waals surface area contributed by atoms with Gasteiger partial charge in [-0.3, -0.25) is 14.4 Å². The molecule has 0 N–H and O–H groups in total. The molecule has 0 radical (unpaired) electrons. The number of benzene rings is 1. The standard InChI is InChI=1S/C18H20F3N5O2S.ClH/c1-11-10-25(4)23-15(11)16(27)26(8-7-24(2)3)17-22-13-6-5-12(9-14(13)29-17)28-18(19,20)21;/h5-6,9-10H,7-8H2,1-4H3;1H. The predicted octanol–water partition coefficient (Wildman–Crippen LogP) is 3.87. The fourth-order valence-corrected chi connectivity index (χ4v) is 3.75. The maximum atomic E-state index is 13.1. The topological polar surface area (TPSA) is 63.5 Å². The van der Waals surface area contributed by atoms with Gasteiger partial charge in [-0.05, 0) is 33.2 Å². The van der Waals surface area contributed by atoms with E-state index in [1.807, 2.05) is 19.0 Å². The number of hydrogen-bond donors (Lipinski definition) is 0. The van der Waals surface area contributed by atoms with E-state index in [2.05, 4.69) is 14.8 Å². The number of aromatic nitrogens is 3. The molecule has 2 aromatic heterocycles. The molecule has 164 valence electrons. The second-order valence-electron chi connectivity index (χ2n) is 6.77. The number of alkyl halides is 3. The average molecular weight is 464 g/mol. The smallest absolute Gasteiger partial charge is 0.406 e. The van der Waals surface area contributed by atoms with Gasteiger partial charge in [-0.25, -0.2) is 4.98 Å².